The summed E-state index contributed by atoms with van der Waals surface area (Å²) in [5.41, 5.74) is 1.98. The van der Waals surface area contributed by atoms with Crippen LogP contribution in [0.3, 0.4) is 0 Å². The van der Waals surface area contributed by atoms with Crippen molar-refractivity contribution in [3.63, 3.8) is 0 Å². The quantitative estimate of drug-likeness (QED) is 0.181. The van der Waals surface area contributed by atoms with Gasteiger partial charge in [-0.15, -0.1) is 0 Å². The Morgan fingerprint density at radius 2 is 1.94 bits per heavy atom. The molecule has 0 aromatic heterocycles. The van der Waals surface area contributed by atoms with Crippen molar-refractivity contribution in [3.8, 4) is 11.5 Å². The number of benzene rings is 3. The predicted octanol–water partition coefficient (Wildman–Crippen LogP) is 6.67. The number of carbonyl (C=O) groups excluding carboxylic acids is 1. The molecule has 0 amide bonds. The lowest BCUT2D eigenvalue weighted by atomic mass is 10.1. The molecule has 0 atom stereocenters. The van der Waals surface area contributed by atoms with E-state index in [2.05, 4.69) is 27.6 Å². The van der Waals surface area contributed by atoms with Gasteiger partial charge in [-0.2, -0.15) is 0 Å². The maximum atomic E-state index is 13.5. The average molecular weight is 598 g/mol. The molecule has 33 heavy (non-hydrogen) atoms. The van der Waals surface area contributed by atoms with Crippen molar-refractivity contribution in [1.29, 1.82) is 0 Å². The molecule has 0 saturated carbocycles. The topological polar surface area (TPSA) is 57.1 Å². The minimum atomic E-state index is -0.622. The van der Waals surface area contributed by atoms with Gasteiger partial charge in [-0.3, -0.25) is 0 Å². The van der Waals surface area contributed by atoms with Gasteiger partial charge in [0.25, 0.3) is 0 Å². The number of hydrogen-bond donors (Lipinski definition) is 0. The average Bonchev–Trinajstić information content (AvgIpc) is 3.15. The lowest BCUT2D eigenvalue weighted by Crippen LogP contribution is -2.05. The number of nitrogens with zero attached hydrogens (tertiary/aromatic N) is 1. The van der Waals surface area contributed by atoms with Crippen molar-refractivity contribution in [2.24, 2.45) is 4.99 Å². The first kappa shape index (κ1) is 23.5. The largest absolute Gasteiger partial charge is 0.493 e. The normalized spacial score (nSPS) is 14.3. The molecule has 168 valence electrons. The molecule has 0 saturated heterocycles. The molecule has 3 aromatic rings. The smallest absolute Gasteiger partial charge is 0.363 e. The molecule has 0 bridgehead atoms. The molecule has 5 nitrogen and oxygen atoms in total. The molecule has 0 radical (unpaired) electrons. The number of esters is 1. The Labute approximate surface area is 212 Å². The molecule has 4 rings (SSSR count). The van der Waals surface area contributed by atoms with Crippen molar-refractivity contribution in [3.05, 3.63) is 96.4 Å². The summed E-state index contributed by atoms with van der Waals surface area (Å²) in [4.78, 5) is 16.5. The lowest BCUT2D eigenvalue weighted by molar-refractivity contribution is -0.129. The maximum absolute atomic E-state index is 13.5. The number of carbonyl (C=O) groups is 1. The number of halogens is 4. The molecule has 3 aromatic carbocycles. The van der Waals surface area contributed by atoms with Crippen LogP contribution >= 0.6 is 45.8 Å². The van der Waals surface area contributed by atoms with Gasteiger partial charge in [0.2, 0.25) is 5.90 Å². The third-order valence-electron chi connectivity index (χ3n) is 4.61. The molecule has 1 heterocycles. The van der Waals surface area contributed by atoms with Crippen molar-refractivity contribution in [2.75, 3.05) is 7.11 Å². The highest BCUT2D eigenvalue weighted by molar-refractivity contribution is 14.1. The van der Waals surface area contributed by atoms with Crippen molar-refractivity contribution < 1.29 is 23.4 Å². The molecular formula is C24H15Cl2FINO4. The molecule has 1 aliphatic heterocycles. The summed E-state index contributed by atoms with van der Waals surface area (Å²) in [6.07, 6.45) is 1.57. The second-order valence-corrected chi connectivity index (χ2v) is 8.89. The van der Waals surface area contributed by atoms with Crippen LogP contribution in [0.2, 0.25) is 10.0 Å². The van der Waals surface area contributed by atoms with E-state index < -0.39 is 11.8 Å². The van der Waals surface area contributed by atoms with E-state index in [1.54, 1.807) is 30.3 Å². The Hall–Kier alpha value is -2.62. The standard InChI is InChI=1S/C24H15Cl2FINO4/c1-31-21-10-14(8-19(28)22(21)32-12-13-5-6-17(25)18(26)7-13)9-20-24(30)33-23(29-20)15-3-2-4-16(27)11-15/h2-11H,12H2,1H3/b20-9-. The minimum absolute atomic E-state index is 0.0500. The number of hydrogen-bond acceptors (Lipinski definition) is 5. The SMILES string of the molecule is COc1cc(/C=C2\N=C(c3cccc(F)c3)OC2=O)cc(I)c1OCc1ccc(Cl)c(Cl)c1. The fourth-order valence-corrected chi connectivity index (χ4v) is 4.16. The molecule has 0 unspecified atom stereocenters. The second-order valence-electron chi connectivity index (χ2n) is 6.92. The van der Waals surface area contributed by atoms with Crippen LogP contribution in [0.15, 0.2) is 65.3 Å². The molecule has 0 fully saturated rings. The van der Waals surface area contributed by atoms with Gasteiger partial charge in [0.05, 0.1) is 20.7 Å². The van der Waals surface area contributed by atoms with Crippen LogP contribution in [0.5, 0.6) is 11.5 Å². The molecule has 0 aliphatic carbocycles. The van der Waals surface area contributed by atoms with Gasteiger partial charge in [-0.25, -0.2) is 14.2 Å². The monoisotopic (exact) mass is 597 g/mol. The summed E-state index contributed by atoms with van der Waals surface area (Å²) in [6.45, 7) is 0.261. The van der Waals surface area contributed by atoms with Crippen molar-refractivity contribution in [2.45, 2.75) is 6.61 Å². The first-order valence-corrected chi connectivity index (χ1v) is 11.4. The number of aliphatic imine (C=N–C) groups is 1. The van der Waals surface area contributed by atoms with Crippen LogP contribution in [0.25, 0.3) is 6.08 Å². The highest BCUT2D eigenvalue weighted by Crippen LogP contribution is 2.36. The van der Waals surface area contributed by atoms with E-state index >= 15 is 0 Å². The number of ether oxygens (including phenoxy) is 3. The summed E-state index contributed by atoms with van der Waals surface area (Å²) in [7, 11) is 1.53. The van der Waals surface area contributed by atoms with Crippen LogP contribution in [0.1, 0.15) is 16.7 Å². The van der Waals surface area contributed by atoms with E-state index in [1.165, 1.54) is 25.3 Å². The molecule has 0 N–H and O–H groups in total. The first-order chi connectivity index (χ1) is 15.8. The van der Waals surface area contributed by atoms with Gasteiger partial charge >= 0.3 is 5.97 Å². The summed E-state index contributed by atoms with van der Waals surface area (Å²) in [5.74, 6) is 0.00961. The van der Waals surface area contributed by atoms with E-state index in [-0.39, 0.29) is 18.2 Å². The third kappa shape index (κ3) is 5.48. The highest BCUT2D eigenvalue weighted by Gasteiger charge is 2.25. The van der Waals surface area contributed by atoms with Crippen LogP contribution in [0.4, 0.5) is 4.39 Å². The molecule has 0 spiro atoms. The van der Waals surface area contributed by atoms with Crippen molar-refractivity contribution in [1.82, 2.24) is 0 Å². The van der Waals surface area contributed by atoms with Gasteiger partial charge in [0.15, 0.2) is 17.2 Å². The van der Waals surface area contributed by atoms with Gasteiger partial charge < -0.3 is 14.2 Å². The summed E-state index contributed by atoms with van der Waals surface area (Å²) in [6, 6.07) is 14.5. The van der Waals surface area contributed by atoms with E-state index in [0.717, 1.165) is 9.13 Å². The Kier molecular flexibility index (Phi) is 7.21. The Bertz CT molecular complexity index is 1310. The molecular weight excluding hydrogens is 583 g/mol. The van der Waals surface area contributed by atoms with Gasteiger partial charge in [-0.05, 0) is 82.3 Å². The number of cyclic esters (lactones) is 1. The second kappa shape index (κ2) is 10.1. The highest BCUT2D eigenvalue weighted by atomic mass is 127. The van der Waals surface area contributed by atoms with E-state index in [9.17, 15) is 9.18 Å². The third-order valence-corrected chi connectivity index (χ3v) is 6.15. The summed E-state index contributed by atoms with van der Waals surface area (Å²) < 4.78 is 30.9. The zero-order valence-electron chi connectivity index (χ0n) is 17.1. The number of rotatable bonds is 6. The zero-order valence-corrected chi connectivity index (χ0v) is 20.7. The Balaban J connectivity index is 1.59. The lowest BCUT2D eigenvalue weighted by Gasteiger charge is -2.14. The molecule has 1 aliphatic rings. The van der Waals surface area contributed by atoms with Crippen LogP contribution in [-0.4, -0.2) is 19.0 Å². The first-order valence-electron chi connectivity index (χ1n) is 9.57. The fourth-order valence-electron chi connectivity index (χ4n) is 3.06. The number of methoxy groups -OCH3 is 1. The van der Waals surface area contributed by atoms with Crippen LogP contribution in [-0.2, 0) is 16.1 Å². The van der Waals surface area contributed by atoms with Crippen LogP contribution < -0.4 is 9.47 Å². The predicted molar refractivity (Wildman–Crippen MR) is 134 cm³/mol. The molecule has 9 heteroatoms. The van der Waals surface area contributed by atoms with E-state index in [4.69, 9.17) is 37.4 Å². The summed E-state index contributed by atoms with van der Waals surface area (Å²) >= 11 is 14.2. The Morgan fingerprint density at radius 3 is 2.67 bits per heavy atom. The zero-order chi connectivity index (χ0) is 23.5. The van der Waals surface area contributed by atoms with Gasteiger partial charge in [0.1, 0.15) is 12.4 Å². The summed E-state index contributed by atoms with van der Waals surface area (Å²) in [5, 5.41) is 0.918. The maximum Gasteiger partial charge on any atom is 0.363 e. The van der Waals surface area contributed by atoms with Crippen molar-refractivity contribution >= 4 is 63.7 Å². The minimum Gasteiger partial charge on any atom is -0.493 e. The van der Waals surface area contributed by atoms with Gasteiger partial charge in [-0.1, -0.05) is 35.3 Å². The van der Waals surface area contributed by atoms with E-state index in [1.807, 2.05) is 12.1 Å². The Morgan fingerprint density at radius 1 is 1.12 bits per heavy atom. The van der Waals surface area contributed by atoms with Crippen LogP contribution in [0, 0.1) is 9.39 Å². The fraction of sp³-hybridized carbons (Fsp3) is 0.0833. The van der Waals surface area contributed by atoms with E-state index in [0.29, 0.717) is 32.7 Å². The van der Waals surface area contributed by atoms with Gasteiger partial charge in [0, 0.05) is 5.56 Å².